The molecule has 0 bridgehead atoms. The van der Waals surface area contributed by atoms with Gasteiger partial charge in [0.1, 0.15) is 0 Å². The predicted octanol–water partition coefficient (Wildman–Crippen LogP) is 3.13. The summed E-state index contributed by atoms with van der Waals surface area (Å²) >= 11 is 0. The van der Waals surface area contributed by atoms with E-state index in [1.54, 1.807) is 11.1 Å². The molecule has 3 heterocycles. The summed E-state index contributed by atoms with van der Waals surface area (Å²) in [5.41, 5.74) is 2.27. The number of aromatic nitrogens is 1. The standard InChI is InChI=1S/C25H31N5O2/c31-23-17-27-24-22(30(23)18-19-7-3-1-4-8-19)15-20(16-26-24)25(32)29-13-11-28(12-14-29)21-9-5-2-6-10-21/h1,3-4,7-8,15-16,21H,2,5-6,9-14,17-18H2,(H,26,27). The number of nitrogens with zero attached hydrogens (tertiary/aromatic N) is 4. The number of carbonyl (C=O) groups is 2. The van der Waals surface area contributed by atoms with Gasteiger partial charge in [0, 0.05) is 38.4 Å². The second kappa shape index (κ2) is 9.28. The van der Waals surface area contributed by atoms with Gasteiger partial charge < -0.3 is 15.1 Å². The molecule has 2 aliphatic heterocycles. The fraction of sp³-hybridized carbons (Fsp3) is 0.480. The average Bonchev–Trinajstić information content (AvgIpc) is 2.86. The number of rotatable bonds is 4. The van der Waals surface area contributed by atoms with Crippen LogP contribution in [0.2, 0.25) is 0 Å². The molecule has 1 saturated heterocycles. The normalized spacial score (nSPS) is 20.1. The van der Waals surface area contributed by atoms with Crippen molar-refractivity contribution in [2.45, 2.75) is 44.7 Å². The van der Waals surface area contributed by atoms with E-state index in [0.717, 1.165) is 31.7 Å². The highest BCUT2D eigenvalue weighted by Crippen LogP contribution is 2.30. The van der Waals surface area contributed by atoms with E-state index < -0.39 is 0 Å². The quantitative estimate of drug-likeness (QED) is 0.802. The van der Waals surface area contributed by atoms with Crippen LogP contribution in [-0.4, -0.2) is 65.4 Å². The molecule has 1 N–H and O–H groups in total. The van der Waals surface area contributed by atoms with E-state index in [-0.39, 0.29) is 18.4 Å². The molecule has 168 valence electrons. The number of nitrogens with one attached hydrogen (secondary N) is 1. The van der Waals surface area contributed by atoms with Crippen molar-refractivity contribution in [3.05, 3.63) is 53.7 Å². The van der Waals surface area contributed by atoms with Gasteiger partial charge in [0.15, 0.2) is 5.82 Å². The van der Waals surface area contributed by atoms with Gasteiger partial charge in [0.05, 0.1) is 24.3 Å². The lowest BCUT2D eigenvalue weighted by Gasteiger charge is -2.40. The van der Waals surface area contributed by atoms with Gasteiger partial charge in [-0.05, 0) is 24.5 Å². The Morgan fingerprint density at radius 3 is 2.53 bits per heavy atom. The lowest BCUT2D eigenvalue weighted by Crippen LogP contribution is -2.52. The second-order valence-electron chi connectivity index (χ2n) is 9.03. The highest BCUT2D eigenvalue weighted by molar-refractivity contribution is 6.04. The van der Waals surface area contributed by atoms with Crippen LogP contribution in [0.25, 0.3) is 0 Å². The summed E-state index contributed by atoms with van der Waals surface area (Å²) < 4.78 is 0. The van der Waals surface area contributed by atoms with Crippen molar-refractivity contribution in [2.75, 3.05) is 42.9 Å². The van der Waals surface area contributed by atoms with Crippen molar-refractivity contribution < 1.29 is 9.59 Å². The minimum atomic E-state index is -0.0196. The Balaban J connectivity index is 1.30. The van der Waals surface area contributed by atoms with Crippen molar-refractivity contribution in [1.29, 1.82) is 0 Å². The van der Waals surface area contributed by atoms with Crippen LogP contribution in [0.3, 0.4) is 0 Å². The molecule has 2 amide bonds. The first-order valence-electron chi connectivity index (χ1n) is 11.8. The average molecular weight is 434 g/mol. The summed E-state index contributed by atoms with van der Waals surface area (Å²) in [6.07, 6.45) is 8.24. The monoisotopic (exact) mass is 433 g/mol. The number of carbonyl (C=O) groups excluding carboxylic acids is 2. The lowest BCUT2D eigenvalue weighted by atomic mass is 9.94. The van der Waals surface area contributed by atoms with Crippen LogP contribution in [0.1, 0.15) is 48.0 Å². The molecule has 2 aromatic rings. The molecule has 0 unspecified atom stereocenters. The Bertz CT molecular complexity index is 966. The Labute approximate surface area is 189 Å². The topological polar surface area (TPSA) is 68.8 Å². The molecule has 7 nitrogen and oxygen atoms in total. The van der Waals surface area contributed by atoms with Crippen LogP contribution < -0.4 is 10.2 Å². The zero-order valence-corrected chi connectivity index (χ0v) is 18.5. The first kappa shape index (κ1) is 20.9. The minimum absolute atomic E-state index is 0.00118. The van der Waals surface area contributed by atoms with E-state index in [0.29, 0.717) is 29.7 Å². The van der Waals surface area contributed by atoms with E-state index in [1.165, 1.54) is 32.1 Å². The maximum atomic E-state index is 13.3. The van der Waals surface area contributed by atoms with E-state index >= 15 is 0 Å². The van der Waals surface area contributed by atoms with E-state index in [9.17, 15) is 9.59 Å². The summed E-state index contributed by atoms with van der Waals surface area (Å²) in [5.74, 6) is 0.634. The molecule has 0 atom stereocenters. The first-order valence-corrected chi connectivity index (χ1v) is 11.8. The molecular formula is C25H31N5O2. The molecule has 5 rings (SSSR count). The number of amides is 2. The van der Waals surface area contributed by atoms with Crippen molar-refractivity contribution >= 4 is 23.3 Å². The summed E-state index contributed by atoms with van der Waals surface area (Å²) in [5, 5.41) is 3.08. The van der Waals surface area contributed by atoms with Gasteiger partial charge in [-0.1, -0.05) is 49.6 Å². The lowest BCUT2D eigenvalue weighted by molar-refractivity contribution is -0.117. The molecule has 0 radical (unpaired) electrons. The molecule has 7 heteroatoms. The Morgan fingerprint density at radius 1 is 1.03 bits per heavy atom. The molecule has 32 heavy (non-hydrogen) atoms. The SMILES string of the molecule is O=C(c1cnc2c(c1)N(Cc1ccccc1)C(=O)CN2)N1CCN(C2CCCCC2)CC1. The second-order valence-corrected chi connectivity index (χ2v) is 9.03. The van der Waals surface area contributed by atoms with Gasteiger partial charge in [0.2, 0.25) is 5.91 Å². The van der Waals surface area contributed by atoms with Crippen LogP contribution in [0.15, 0.2) is 42.6 Å². The number of pyridine rings is 1. The van der Waals surface area contributed by atoms with Crippen LogP contribution in [0.5, 0.6) is 0 Å². The third kappa shape index (κ3) is 4.35. The zero-order chi connectivity index (χ0) is 21.9. The van der Waals surface area contributed by atoms with E-state index in [4.69, 9.17) is 0 Å². The highest BCUT2D eigenvalue weighted by Gasteiger charge is 2.30. The van der Waals surface area contributed by atoms with Crippen molar-refractivity contribution in [1.82, 2.24) is 14.8 Å². The number of anilines is 2. The third-order valence-corrected chi connectivity index (χ3v) is 6.99. The summed E-state index contributed by atoms with van der Waals surface area (Å²) in [7, 11) is 0. The molecule has 1 aliphatic carbocycles. The summed E-state index contributed by atoms with van der Waals surface area (Å²) in [6.45, 7) is 4.05. The number of piperazine rings is 1. The van der Waals surface area contributed by atoms with Crippen LogP contribution in [-0.2, 0) is 11.3 Å². The van der Waals surface area contributed by atoms with Gasteiger partial charge in [0.25, 0.3) is 5.91 Å². The molecule has 1 aromatic carbocycles. The molecule has 0 spiro atoms. The molecule has 1 aromatic heterocycles. The zero-order valence-electron chi connectivity index (χ0n) is 18.5. The number of benzene rings is 1. The van der Waals surface area contributed by atoms with Gasteiger partial charge in [-0.3, -0.25) is 14.5 Å². The molecule has 3 aliphatic rings. The van der Waals surface area contributed by atoms with E-state index in [1.807, 2.05) is 41.3 Å². The summed E-state index contributed by atoms with van der Waals surface area (Å²) in [4.78, 5) is 36.6. The van der Waals surface area contributed by atoms with Gasteiger partial charge in [-0.25, -0.2) is 4.98 Å². The fourth-order valence-electron chi connectivity index (χ4n) is 5.16. The Morgan fingerprint density at radius 2 is 1.78 bits per heavy atom. The highest BCUT2D eigenvalue weighted by atomic mass is 16.2. The smallest absolute Gasteiger partial charge is 0.255 e. The largest absolute Gasteiger partial charge is 0.359 e. The first-order chi connectivity index (χ1) is 15.7. The van der Waals surface area contributed by atoms with Gasteiger partial charge in [-0.15, -0.1) is 0 Å². The molecular weight excluding hydrogens is 402 g/mol. The minimum Gasteiger partial charge on any atom is -0.359 e. The van der Waals surface area contributed by atoms with Crippen LogP contribution in [0.4, 0.5) is 11.5 Å². The van der Waals surface area contributed by atoms with Crippen molar-refractivity contribution in [3.8, 4) is 0 Å². The van der Waals surface area contributed by atoms with Crippen molar-refractivity contribution in [3.63, 3.8) is 0 Å². The van der Waals surface area contributed by atoms with Crippen LogP contribution >= 0.6 is 0 Å². The van der Waals surface area contributed by atoms with Gasteiger partial charge >= 0.3 is 0 Å². The van der Waals surface area contributed by atoms with Crippen LogP contribution in [0, 0.1) is 0 Å². The predicted molar refractivity (Wildman–Crippen MR) is 125 cm³/mol. The molecule has 2 fully saturated rings. The Hall–Kier alpha value is -2.93. The van der Waals surface area contributed by atoms with Gasteiger partial charge in [-0.2, -0.15) is 0 Å². The maximum Gasteiger partial charge on any atom is 0.255 e. The number of hydrogen-bond acceptors (Lipinski definition) is 5. The third-order valence-electron chi connectivity index (χ3n) is 6.99. The number of hydrogen-bond donors (Lipinski definition) is 1. The Kier molecular flexibility index (Phi) is 6.08. The maximum absolute atomic E-state index is 13.3. The number of fused-ring (bicyclic) bond motifs is 1. The summed E-state index contributed by atoms with van der Waals surface area (Å²) in [6, 6.07) is 12.4. The van der Waals surface area contributed by atoms with Crippen molar-refractivity contribution in [2.24, 2.45) is 0 Å². The fourth-order valence-corrected chi connectivity index (χ4v) is 5.16. The molecule has 1 saturated carbocycles. The van der Waals surface area contributed by atoms with E-state index in [2.05, 4.69) is 15.2 Å².